The van der Waals surface area contributed by atoms with E-state index in [4.69, 9.17) is 4.74 Å². The summed E-state index contributed by atoms with van der Waals surface area (Å²) >= 11 is 0. The van der Waals surface area contributed by atoms with Crippen LogP contribution in [0.2, 0.25) is 0 Å². The number of halogens is 3. The molecule has 0 heterocycles. The summed E-state index contributed by atoms with van der Waals surface area (Å²) in [5.41, 5.74) is 1.04. The molecule has 0 aromatic heterocycles. The Morgan fingerprint density at radius 3 is 2.46 bits per heavy atom. The van der Waals surface area contributed by atoms with Gasteiger partial charge < -0.3 is 14.8 Å². The van der Waals surface area contributed by atoms with E-state index in [0.29, 0.717) is 6.42 Å². The van der Waals surface area contributed by atoms with Gasteiger partial charge in [0.25, 0.3) is 5.91 Å². The van der Waals surface area contributed by atoms with Crippen molar-refractivity contribution in [3.63, 3.8) is 0 Å². The number of benzene rings is 2. The molecule has 0 aliphatic rings. The molecular weight excluding hydrogens is 375 g/mol. The average Bonchev–Trinajstić information content (AvgIpc) is 2.66. The molecule has 0 saturated carbocycles. The molecule has 2 rings (SSSR count). The maximum Gasteiger partial charge on any atom is 0.387 e. The predicted molar refractivity (Wildman–Crippen MR) is 96.2 cm³/mol. The number of carbonyl (C=O) groups is 2. The van der Waals surface area contributed by atoms with Gasteiger partial charge in [0.2, 0.25) is 0 Å². The van der Waals surface area contributed by atoms with Crippen molar-refractivity contribution in [2.24, 2.45) is 0 Å². The Balaban J connectivity index is 1.67. The van der Waals surface area contributed by atoms with Crippen LogP contribution in [0, 0.1) is 5.82 Å². The van der Waals surface area contributed by atoms with Crippen LogP contribution in [0.4, 0.5) is 13.2 Å². The van der Waals surface area contributed by atoms with Gasteiger partial charge in [0.05, 0.1) is 0 Å². The molecule has 8 heteroatoms. The number of hydrogen-bond acceptors (Lipinski definition) is 4. The molecule has 0 radical (unpaired) electrons. The summed E-state index contributed by atoms with van der Waals surface area (Å²) in [5.74, 6) is -1.69. The minimum absolute atomic E-state index is 0.0538. The summed E-state index contributed by atoms with van der Waals surface area (Å²) in [6.45, 7) is -3.08. The van der Waals surface area contributed by atoms with Crippen LogP contribution in [-0.2, 0) is 20.7 Å². The van der Waals surface area contributed by atoms with Crippen molar-refractivity contribution < 1.29 is 32.2 Å². The lowest BCUT2D eigenvalue weighted by Crippen LogP contribution is -2.30. The van der Waals surface area contributed by atoms with Gasteiger partial charge >= 0.3 is 12.6 Å². The highest BCUT2D eigenvalue weighted by molar-refractivity contribution is 5.89. The smallest absolute Gasteiger partial charge is 0.387 e. The summed E-state index contributed by atoms with van der Waals surface area (Å²) in [6, 6.07) is 12.0. The lowest BCUT2D eigenvalue weighted by molar-refractivity contribution is -0.143. The highest BCUT2D eigenvalue weighted by Crippen LogP contribution is 2.15. The van der Waals surface area contributed by atoms with Crippen molar-refractivity contribution in [3.8, 4) is 5.75 Å². The number of nitrogens with one attached hydrogen (secondary N) is 1. The number of rotatable bonds is 9. The normalized spacial score (nSPS) is 10.9. The van der Waals surface area contributed by atoms with Gasteiger partial charge in [-0.1, -0.05) is 30.3 Å². The van der Waals surface area contributed by atoms with E-state index in [2.05, 4.69) is 10.1 Å². The quantitative estimate of drug-likeness (QED) is 0.524. The summed E-state index contributed by atoms with van der Waals surface area (Å²) < 4.78 is 46.6. The first-order valence-corrected chi connectivity index (χ1v) is 8.34. The second-order valence-electron chi connectivity index (χ2n) is 5.58. The zero-order valence-electron chi connectivity index (χ0n) is 14.7. The van der Waals surface area contributed by atoms with E-state index in [0.717, 1.165) is 11.6 Å². The van der Waals surface area contributed by atoms with E-state index >= 15 is 0 Å². The monoisotopic (exact) mass is 393 g/mol. The van der Waals surface area contributed by atoms with Gasteiger partial charge in [0, 0.05) is 18.2 Å². The third-order valence-electron chi connectivity index (χ3n) is 3.53. The van der Waals surface area contributed by atoms with E-state index in [-0.39, 0.29) is 17.9 Å². The molecule has 1 N–H and O–H groups in total. The van der Waals surface area contributed by atoms with Crippen LogP contribution >= 0.6 is 0 Å². The lowest BCUT2D eigenvalue weighted by atomic mass is 10.1. The highest BCUT2D eigenvalue weighted by Gasteiger charge is 2.06. The van der Waals surface area contributed by atoms with Crippen LogP contribution < -0.4 is 10.1 Å². The first-order chi connectivity index (χ1) is 13.4. The third kappa shape index (κ3) is 7.53. The van der Waals surface area contributed by atoms with Crippen molar-refractivity contribution in [1.82, 2.24) is 5.32 Å². The molecule has 0 atom stereocenters. The van der Waals surface area contributed by atoms with Crippen molar-refractivity contribution in [1.29, 1.82) is 0 Å². The van der Waals surface area contributed by atoms with Crippen molar-refractivity contribution in [3.05, 3.63) is 71.6 Å². The Kier molecular flexibility index (Phi) is 8.08. The Hall–Kier alpha value is -3.29. The van der Waals surface area contributed by atoms with Gasteiger partial charge in [-0.2, -0.15) is 8.78 Å². The van der Waals surface area contributed by atoms with Crippen molar-refractivity contribution in [2.75, 3.05) is 13.2 Å². The molecule has 28 heavy (non-hydrogen) atoms. The fourth-order valence-electron chi connectivity index (χ4n) is 2.19. The van der Waals surface area contributed by atoms with Crippen LogP contribution in [0.15, 0.2) is 54.6 Å². The first-order valence-electron chi connectivity index (χ1n) is 8.34. The van der Waals surface area contributed by atoms with Gasteiger partial charge in [-0.25, -0.2) is 9.18 Å². The van der Waals surface area contributed by atoms with Crippen LogP contribution in [-0.4, -0.2) is 31.6 Å². The Morgan fingerprint density at radius 1 is 1.07 bits per heavy atom. The Morgan fingerprint density at radius 2 is 1.79 bits per heavy atom. The largest absolute Gasteiger partial charge is 0.452 e. The van der Waals surface area contributed by atoms with E-state index in [9.17, 15) is 22.8 Å². The van der Waals surface area contributed by atoms with Gasteiger partial charge in [-0.3, -0.25) is 4.79 Å². The summed E-state index contributed by atoms with van der Waals surface area (Å²) in [7, 11) is 0. The Labute approximate surface area is 159 Å². The van der Waals surface area contributed by atoms with Crippen LogP contribution in [0.5, 0.6) is 5.75 Å². The Bertz CT molecular complexity index is 822. The number of esters is 1. The molecule has 5 nitrogen and oxygen atoms in total. The summed E-state index contributed by atoms with van der Waals surface area (Å²) in [5, 5.41) is 2.56. The summed E-state index contributed by atoms with van der Waals surface area (Å²) in [4.78, 5) is 23.2. The molecule has 0 spiro atoms. The average molecular weight is 393 g/mol. The van der Waals surface area contributed by atoms with Gasteiger partial charge in [0.15, 0.2) is 6.61 Å². The fraction of sp³-hybridized carbons (Fsp3) is 0.200. The molecule has 0 aliphatic heterocycles. The zero-order chi connectivity index (χ0) is 20.4. The standard InChI is InChI=1S/C20H18F3NO4/c21-17-4-2-1-3-15(17)7-10-19(26)27-13-18(25)24-12-11-14-5-8-16(9-6-14)28-20(22)23/h1-10,20H,11-13H2,(H,24,25)/b10-7+. The zero-order valence-corrected chi connectivity index (χ0v) is 14.7. The topological polar surface area (TPSA) is 64.6 Å². The minimum Gasteiger partial charge on any atom is -0.452 e. The van der Waals surface area contributed by atoms with Crippen LogP contribution in [0.25, 0.3) is 6.08 Å². The van der Waals surface area contributed by atoms with E-state index in [1.54, 1.807) is 18.2 Å². The van der Waals surface area contributed by atoms with Gasteiger partial charge in [-0.15, -0.1) is 0 Å². The van der Waals surface area contributed by atoms with E-state index < -0.39 is 30.9 Å². The number of hydrogen-bond donors (Lipinski definition) is 1. The molecule has 2 aromatic rings. The first kappa shape index (κ1) is 21.0. The number of carbonyl (C=O) groups excluding carboxylic acids is 2. The maximum atomic E-state index is 13.4. The molecule has 1 amide bonds. The second-order valence-corrected chi connectivity index (χ2v) is 5.58. The highest BCUT2D eigenvalue weighted by atomic mass is 19.3. The molecule has 0 bridgehead atoms. The van der Waals surface area contributed by atoms with Gasteiger partial charge in [-0.05, 0) is 36.3 Å². The van der Waals surface area contributed by atoms with E-state index in [1.165, 1.54) is 36.4 Å². The minimum atomic E-state index is -2.88. The molecule has 0 unspecified atom stereocenters. The van der Waals surface area contributed by atoms with Crippen molar-refractivity contribution in [2.45, 2.75) is 13.0 Å². The SMILES string of the molecule is O=C(COC(=O)/C=C/c1ccccc1F)NCCc1ccc(OC(F)F)cc1. The molecule has 2 aromatic carbocycles. The molecular formula is C20H18F3NO4. The lowest BCUT2D eigenvalue weighted by Gasteiger charge is -2.07. The number of amides is 1. The van der Waals surface area contributed by atoms with Crippen LogP contribution in [0.3, 0.4) is 0 Å². The van der Waals surface area contributed by atoms with Gasteiger partial charge in [0.1, 0.15) is 11.6 Å². The van der Waals surface area contributed by atoms with Crippen molar-refractivity contribution >= 4 is 18.0 Å². The molecule has 148 valence electrons. The molecule has 0 aliphatic carbocycles. The predicted octanol–water partition coefficient (Wildman–Crippen LogP) is 3.34. The molecule has 0 saturated heterocycles. The number of alkyl halides is 2. The molecule has 0 fully saturated rings. The summed E-state index contributed by atoms with van der Waals surface area (Å²) in [6.07, 6.45) is 2.76. The third-order valence-corrected chi connectivity index (χ3v) is 3.53. The maximum absolute atomic E-state index is 13.4. The van der Waals surface area contributed by atoms with Crippen LogP contribution in [0.1, 0.15) is 11.1 Å². The van der Waals surface area contributed by atoms with E-state index in [1.807, 2.05) is 0 Å². The number of ether oxygens (including phenoxy) is 2. The fourth-order valence-corrected chi connectivity index (χ4v) is 2.19. The second kappa shape index (κ2) is 10.8.